The van der Waals surface area contributed by atoms with Gasteiger partial charge in [-0.25, -0.2) is 9.78 Å². The van der Waals surface area contributed by atoms with Crippen molar-refractivity contribution in [1.82, 2.24) is 9.55 Å². The predicted molar refractivity (Wildman–Crippen MR) is 119 cm³/mol. The van der Waals surface area contributed by atoms with E-state index < -0.39 is 0 Å². The Hall–Kier alpha value is -2.69. The first-order valence-electron chi connectivity index (χ1n) is 11.6. The molecule has 5 nitrogen and oxygen atoms in total. The van der Waals surface area contributed by atoms with Crippen LogP contribution in [0.25, 0.3) is 17.0 Å². The quantitative estimate of drug-likeness (QED) is 0.392. The Bertz CT molecular complexity index is 1220. The summed E-state index contributed by atoms with van der Waals surface area (Å²) >= 11 is 0. The number of ether oxygens (including phenoxy) is 1. The standard InChI is InChI=1S/C26H28N2O3/c1-15-5-3-9-26(2)14-22-17(13-20(15)26)18(25(30)31-22)11-16-7-8-21-19(12-16)24(29)28-10-4-6-23(28)27-21/h7-8,11-12,17,20,22H,1,3-6,9-10,13-14H2,2H3/b18-11-/t17-,20+,22-,26-/m1/s1. The highest BCUT2D eigenvalue weighted by atomic mass is 16.6. The summed E-state index contributed by atoms with van der Waals surface area (Å²) in [5.74, 6) is 1.24. The molecule has 3 fully saturated rings. The van der Waals surface area contributed by atoms with Gasteiger partial charge < -0.3 is 4.74 Å². The van der Waals surface area contributed by atoms with Gasteiger partial charge in [-0.3, -0.25) is 9.36 Å². The Labute approximate surface area is 181 Å². The number of aryl methyl sites for hydroxylation is 1. The Morgan fingerprint density at radius 2 is 2.13 bits per heavy atom. The van der Waals surface area contributed by atoms with Crippen LogP contribution in [0.15, 0.2) is 40.7 Å². The van der Waals surface area contributed by atoms with Gasteiger partial charge in [0.15, 0.2) is 0 Å². The molecule has 0 N–H and O–H groups in total. The lowest BCUT2D eigenvalue weighted by Crippen LogP contribution is -2.43. The molecule has 2 aromatic rings. The van der Waals surface area contributed by atoms with Crippen LogP contribution in [0.1, 0.15) is 56.8 Å². The number of fused-ring (bicyclic) bond motifs is 4. The summed E-state index contributed by atoms with van der Waals surface area (Å²) in [5.41, 5.74) is 3.91. The summed E-state index contributed by atoms with van der Waals surface area (Å²) in [6, 6.07) is 5.75. The summed E-state index contributed by atoms with van der Waals surface area (Å²) in [5, 5.41) is 0.625. The molecule has 6 rings (SSSR count). The van der Waals surface area contributed by atoms with Crippen molar-refractivity contribution in [2.24, 2.45) is 17.3 Å². The van der Waals surface area contributed by atoms with Crippen molar-refractivity contribution in [3.8, 4) is 0 Å². The highest BCUT2D eigenvalue weighted by Gasteiger charge is 2.53. The molecule has 3 heterocycles. The van der Waals surface area contributed by atoms with Crippen molar-refractivity contribution in [2.45, 2.75) is 64.5 Å². The third kappa shape index (κ3) is 2.85. The molecular formula is C26H28N2O3. The van der Waals surface area contributed by atoms with Gasteiger partial charge in [0.2, 0.25) is 0 Å². The number of hydrogen-bond donors (Lipinski definition) is 0. The van der Waals surface area contributed by atoms with Crippen LogP contribution in [-0.2, 0) is 22.5 Å². The maximum atomic E-state index is 12.9. The van der Waals surface area contributed by atoms with E-state index in [9.17, 15) is 9.59 Å². The van der Waals surface area contributed by atoms with Crippen LogP contribution < -0.4 is 5.56 Å². The summed E-state index contributed by atoms with van der Waals surface area (Å²) < 4.78 is 7.64. The first kappa shape index (κ1) is 19.0. The number of rotatable bonds is 1. The first-order valence-corrected chi connectivity index (χ1v) is 11.6. The molecule has 0 bridgehead atoms. The largest absolute Gasteiger partial charge is 0.458 e. The molecule has 0 radical (unpaired) electrons. The molecule has 2 aliphatic carbocycles. The molecule has 0 unspecified atom stereocenters. The van der Waals surface area contributed by atoms with Crippen LogP contribution in [-0.4, -0.2) is 21.6 Å². The molecule has 1 aromatic heterocycles. The molecule has 0 spiro atoms. The van der Waals surface area contributed by atoms with E-state index in [1.807, 2.05) is 24.3 Å². The van der Waals surface area contributed by atoms with Crippen molar-refractivity contribution >= 4 is 22.9 Å². The molecule has 1 saturated heterocycles. The van der Waals surface area contributed by atoms with E-state index in [0.717, 1.165) is 61.1 Å². The molecule has 4 atom stereocenters. The number of carbonyl (C=O) groups is 1. The number of esters is 1. The zero-order chi connectivity index (χ0) is 21.3. The molecule has 31 heavy (non-hydrogen) atoms. The zero-order valence-electron chi connectivity index (χ0n) is 18.0. The molecule has 1 aromatic carbocycles. The van der Waals surface area contributed by atoms with Gasteiger partial charge in [-0.2, -0.15) is 0 Å². The molecule has 2 saturated carbocycles. The van der Waals surface area contributed by atoms with Gasteiger partial charge >= 0.3 is 5.97 Å². The second kappa shape index (κ2) is 6.65. The van der Waals surface area contributed by atoms with E-state index in [1.54, 1.807) is 4.57 Å². The van der Waals surface area contributed by atoms with E-state index >= 15 is 0 Å². The third-order valence-electron chi connectivity index (χ3n) is 8.24. The number of carbonyl (C=O) groups excluding carboxylic acids is 1. The third-order valence-corrected chi connectivity index (χ3v) is 8.24. The van der Waals surface area contributed by atoms with Crippen molar-refractivity contribution in [1.29, 1.82) is 0 Å². The van der Waals surface area contributed by atoms with Gasteiger partial charge in [0.05, 0.1) is 10.9 Å². The number of aromatic nitrogens is 2. The van der Waals surface area contributed by atoms with E-state index in [-0.39, 0.29) is 29.0 Å². The highest BCUT2D eigenvalue weighted by molar-refractivity contribution is 5.97. The summed E-state index contributed by atoms with van der Waals surface area (Å²) in [6.07, 6.45) is 9.04. The fourth-order valence-electron chi connectivity index (χ4n) is 6.61. The van der Waals surface area contributed by atoms with E-state index in [0.29, 0.717) is 11.3 Å². The normalized spacial score (nSPS) is 33.3. The predicted octanol–water partition coefficient (Wildman–Crippen LogP) is 4.42. The minimum Gasteiger partial charge on any atom is -0.458 e. The van der Waals surface area contributed by atoms with Crippen molar-refractivity contribution in [2.75, 3.05) is 0 Å². The molecule has 5 heteroatoms. The van der Waals surface area contributed by atoms with Crippen LogP contribution in [0.2, 0.25) is 0 Å². The van der Waals surface area contributed by atoms with Crippen LogP contribution in [0.5, 0.6) is 0 Å². The first-order chi connectivity index (χ1) is 14.9. The monoisotopic (exact) mass is 416 g/mol. The lowest BCUT2D eigenvalue weighted by Gasteiger charge is -2.49. The second-order valence-corrected chi connectivity index (χ2v) is 10.2. The molecule has 2 aliphatic heterocycles. The van der Waals surface area contributed by atoms with Crippen LogP contribution in [0, 0.1) is 17.3 Å². The summed E-state index contributed by atoms with van der Waals surface area (Å²) in [6.45, 7) is 7.45. The van der Waals surface area contributed by atoms with Gasteiger partial charge in [0.25, 0.3) is 5.56 Å². The van der Waals surface area contributed by atoms with Gasteiger partial charge in [-0.15, -0.1) is 0 Å². The Balaban J connectivity index is 1.38. The lowest BCUT2D eigenvalue weighted by molar-refractivity contribution is -0.142. The van der Waals surface area contributed by atoms with Gasteiger partial charge in [0.1, 0.15) is 11.9 Å². The fraction of sp³-hybridized carbons (Fsp3) is 0.500. The van der Waals surface area contributed by atoms with Crippen molar-refractivity contribution in [3.05, 3.63) is 57.7 Å². The maximum absolute atomic E-state index is 12.9. The topological polar surface area (TPSA) is 61.2 Å². The number of hydrogen-bond acceptors (Lipinski definition) is 4. The van der Waals surface area contributed by atoms with Crippen molar-refractivity contribution in [3.63, 3.8) is 0 Å². The van der Waals surface area contributed by atoms with Crippen LogP contribution in [0.3, 0.4) is 0 Å². The SMILES string of the molecule is C=C1CCC[C@]2(C)C[C@H]3OC(=O)/C(=C\c4ccc5nc6n(c(=O)c5c4)CCC6)[C@H]3C[C@@H]12. The fourth-order valence-corrected chi connectivity index (χ4v) is 6.61. The molecule has 4 aliphatic rings. The van der Waals surface area contributed by atoms with E-state index in [4.69, 9.17) is 4.74 Å². The molecule has 0 amide bonds. The zero-order valence-corrected chi connectivity index (χ0v) is 18.0. The molecule has 160 valence electrons. The smallest absolute Gasteiger partial charge is 0.334 e. The Kier molecular flexibility index (Phi) is 4.08. The summed E-state index contributed by atoms with van der Waals surface area (Å²) in [4.78, 5) is 30.4. The maximum Gasteiger partial charge on any atom is 0.334 e. The number of allylic oxidation sites excluding steroid dienone is 1. The van der Waals surface area contributed by atoms with Crippen LogP contribution >= 0.6 is 0 Å². The molecular weight excluding hydrogens is 388 g/mol. The minimum atomic E-state index is -0.202. The van der Waals surface area contributed by atoms with Crippen molar-refractivity contribution < 1.29 is 9.53 Å². The Morgan fingerprint density at radius 3 is 3.00 bits per heavy atom. The number of benzene rings is 1. The van der Waals surface area contributed by atoms with E-state index in [1.165, 1.54) is 18.4 Å². The lowest BCUT2D eigenvalue weighted by atomic mass is 9.56. The number of nitrogens with zero attached hydrogens (tertiary/aromatic N) is 2. The van der Waals surface area contributed by atoms with Gasteiger partial charge in [-0.1, -0.05) is 25.1 Å². The summed E-state index contributed by atoms with van der Waals surface area (Å²) in [7, 11) is 0. The van der Waals surface area contributed by atoms with Gasteiger partial charge in [-0.05, 0) is 73.6 Å². The van der Waals surface area contributed by atoms with Crippen LogP contribution in [0.4, 0.5) is 0 Å². The average molecular weight is 417 g/mol. The Morgan fingerprint density at radius 1 is 1.26 bits per heavy atom. The average Bonchev–Trinajstić information content (AvgIpc) is 3.31. The highest BCUT2D eigenvalue weighted by Crippen LogP contribution is 2.56. The van der Waals surface area contributed by atoms with Gasteiger partial charge in [0, 0.05) is 24.5 Å². The second-order valence-electron chi connectivity index (χ2n) is 10.2. The van der Waals surface area contributed by atoms with E-state index in [2.05, 4.69) is 18.5 Å². The minimum absolute atomic E-state index is 0.0246.